The highest BCUT2D eigenvalue weighted by Crippen LogP contribution is 2.24. The van der Waals surface area contributed by atoms with Gasteiger partial charge in [0, 0.05) is 56.2 Å². The Balaban J connectivity index is 1.41. The van der Waals surface area contributed by atoms with Crippen LogP contribution in [-0.2, 0) is 11.3 Å². The number of fused-ring (bicyclic) bond motifs is 1. The van der Waals surface area contributed by atoms with Crippen LogP contribution in [0.25, 0.3) is 16.9 Å². The highest BCUT2D eigenvalue weighted by atomic mass is 16.5. The molecular formula is C23H23N5O2. The number of carbonyl (C=O) groups is 1. The van der Waals surface area contributed by atoms with E-state index in [-0.39, 0.29) is 12.0 Å². The summed E-state index contributed by atoms with van der Waals surface area (Å²) in [5, 5.41) is 2.98. The van der Waals surface area contributed by atoms with Crippen molar-refractivity contribution in [2.45, 2.75) is 25.5 Å². The van der Waals surface area contributed by atoms with Crippen LogP contribution in [0.15, 0.2) is 67.4 Å². The molecule has 7 heteroatoms. The monoisotopic (exact) mass is 401 g/mol. The van der Waals surface area contributed by atoms with E-state index in [0.29, 0.717) is 12.2 Å². The number of carbonyl (C=O) groups excluding carboxylic acids is 1. The number of aromatic nitrogens is 4. The van der Waals surface area contributed by atoms with Crippen molar-refractivity contribution >= 4 is 11.4 Å². The van der Waals surface area contributed by atoms with E-state index in [0.717, 1.165) is 48.5 Å². The zero-order chi connectivity index (χ0) is 20.3. The summed E-state index contributed by atoms with van der Waals surface area (Å²) in [6.45, 7) is 2.02. The smallest absolute Gasteiger partial charge is 0.272 e. The molecule has 1 fully saturated rings. The van der Waals surface area contributed by atoms with Crippen LogP contribution in [0.3, 0.4) is 0 Å². The molecule has 5 heterocycles. The summed E-state index contributed by atoms with van der Waals surface area (Å²) in [6.07, 6.45) is 11.8. The van der Waals surface area contributed by atoms with Gasteiger partial charge in [0.05, 0.1) is 11.6 Å². The van der Waals surface area contributed by atoms with Crippen LogP contribution in [0.5, 0.6) is 0 Å². The van der Waals surface area contributed by atoms with E-state index in [1.54, 1.807) is 6.20 Å². The van der Waals surface area contributed by atoms with Gasteiger partial charge in [0.1, 0.15) is 5.82 Å². The molecule has 1 saturated heterocycles. The third-order valence-corrected chi connectivity index (χ3v) is 5.37. The summed E-state index contributed by atoms with van der Waals surface area (Å²) in [5.74, 6) is 0.577. The molecule has 5 rings (SSSR count). The van der Waals surface area contributed by atoms with Crippen LogP contribution in [0.2, 0.25) is 0 Å². The summed E-state index contributed by atoms with van der Waals surface area (Å²) >= 11 is 0. The summed E-state index contributed by atoms with van der Waals surface area (Å²) in [5.41, 5.74) is 3.31. The molecule has 0 saturated carbocycles. The van der Waals surface area contributed by atoms with E-state index < -0.39 is 0 Å². The van der Waals surface area contributed by atoms with E-state index in [1.807, 2.05) is 65.6 Å². The molecular weight excluding hydrogens is 378 g/mol. The molecule has 4 aromatic rings. The van der Waals surface area contributed by atoms with Crippen LogP contribution in [-0.4, -0.2) is 44.1 Å². The molecule has 1 atom stereocenters. The molecule has 1 amide bonds. The number of hydrogen-bond donors (Lipinski definition) is 1. The second-order valence-corrected chi connectivity index (χ2v) is 7.52. The normalized spacial score (nSPS) is 16.2. The second kappa shape index (κ2) is 8.12. The Bertz CT molecular complexity index is 1160. The number of imidazole rings is 1. The first kappa shape index (κ1) is 18.6. The number of nitrogens with one attached hydrogen (secondary N) is 1. The molecule has 30 heavy (non-hydrogen) atoms. The summed E-state index contributed by atoms with van der Waals surface area (Å²) in [7, 11) is 0. The molecule has 0 bridgehead atoms. The number of amides is 1. The lowest BCUT2D eigenvalue weighted by Crippen LogP contribution is -2.32. The first-order valence-electron chi connectivity index (χ1n) is 10.2. The zero-order valence-corrected chi connectivity index (χ0v) is 16.6. The fourth-order valence-corrected chi connectivity index (χ4v) is 3.88. The third-order valence-electron chi connectivity index (χ3n) is 5.37. The third kappa shape index (κ3) is 3.71. The minimum Gasteiger partial charge on any atom is -0.376 e. The number of nitrogens with zero attached hydrogens (tertiary/aromatic N) is 4. The standard InChI is InChI=1S/C23H23N5O2/c29-23(25-14-19-6-4-12-30-19)21-20-7-1-2-10-28(20)22(26-21)18-8-11-27(16-18)15-17-5-3-9-24-13-17/h1-3,5,7-11,13,16,19H,4,6,12,14-15H2,(H,25,29)/t19-/m0/s1. The molecule has 1 aliphatic rings. The van der Waals surface area contributed by atoms with Gasteiger partial charge in [-0.3, -0.25) is 14.2 Å². The lowest BCUT2D eigenvalue weighted by atomic mass is 10.2. The SMILES string of the molecule is O=C(NC[C@@H]1CCCO1)c1nc(-c2ccn(Cc3cccnc3)c2)n2ccccc12. The highest BCUT2D eigenvalue weighted by Gasteiger charge is 2.21. The minimum atomic E-state index is -0.171. The first-order valence-corrected chi connectivity index (χ1v) is 10.2. The van der Waals surface area contributed by atoms with Crippen molar-refractivity contribution in [3.8, 4) is 11.4 Å². The van der Waals surface area contributed by atoms with Crippen molar-refractivity contribution in [3.05, 3.63) is 78.6 Å². The van der Waals surface area contributed by atoms with Crippen molar-refractivity contribution in [2.24, 2.45) is 0 Å². The second-order valence-electron chi connectivity index (χ2n) is 7.52. The predicted molar refractivity (Wildman–Crippen MR) is 113 cm³/mol. The maximum Gasteiger partial charge on any atom is 0.272 e. The molecule has 0 radical (unpaired) electrons. The predicted octanol–water partition coefficient (Wildman–Crippen LogP) is 3.15. The van der Waals surface area contributed by atoms with Gasteiger partial charge in [-0.2, -0.15) is 0 Å². The number of hydrogen-bond acceptors (Lipinski definition) is 4. The summed E-state index contributed by atoms with van der Waals surface area (Å²) < 4.78 is 9.66. The van der Waals surface area contributed by atoms with E-state index >= 15 is 0 Å². The van der Waals surface area contributed by atoms with Gasteiger partial charge >= 0.3 is 0 Å². The molecule has 4 aromatic heterocycles. The number of pyridine rings is 2. The molecule has 0 unspecified atom stereocenters. The van der Waals surface area contributed by atoms with Gasteiger partial charge in [-0.25, -0.2) is 4.98 Å². The Morgan fingerprint density at radius 2 is 2.17 bits per heavy atom. The van der Waals surface area contributed by atoms with Gasteiger partial charge < -0.3 is 14.6 Å². The Morgan fingerprint density at radius 1 is 1.20 bits per heavy atom. The van der Waals surface area contributed by atoms with E-state index in [2.05, 4.69) is 14.9 Å². The van der Waals surface area contributed by atoms with Gasteiger partial charge in [-0.1, -0.05) is 12.1 Å². The summed E-state index contributed by atoms with van der Waals surface area (Å²) in [6, 6.07) is 11.8. The Kier molecular flexibility index (Phi) is 5.03. The average molecular weight is 401 g/mol. The quantitative estimate of drug-likeness (QED) is 0.539. The van der Waals surface area contributed by atoms with Gasteiger partial charge in [-0.05, 0) is 42.7 Å². The van der Waals surface area contributed by atoms with Crippen molar-refractivity contribution in [3.63, 3.8) is 0 Å². The van der Waals surface area contributed by atoms with Crippen LogP contribution < -0.4 is 5.32 Å². The largest absolute Gasteiger partial charge is 0.376 e. The van der Waals surface area contributed by atoms with Gasteiger partial charge in [0.15, 0.2) is 5.69 Å². The number of ether oxygens (including phenoxy) is 1. The topological polar surface area (TPSA) is 73.4 Å². The number of rotatable bonds is 6. The lowest BCUT2D eigenvalue weighted by Gasteiger charge is -2.09. The fraction of sp³-hybridized carbons (Fsp3) is 0.261. The molecule has 0 aromatic carbocycles. The van der Waals surface area contributed by atoms with E-state index in [9.17, 15) is 4.79 Å². The van der Waals surface area contributed by atoms with Crippen molar-refractivity contribution < 1.29 is 9.53 Å². The van der Waals surface area contributed by atoms with Gasteiger partial charge in [-0.15, -0.1) is 0 Å². The maximum atomic E-state index is 12.9. The molecule has 7 nitrogen and oxygen atoms in total. The first-order chi connectivity index (χ1) is 14.8. The van der Waals surface area contributed by atoms with Crippen LogP contribution in [0, 0.1) is 0 Å². The Hall–Kier alpha value is -3.45. The van der Waals surface area contributed by atoms with Crippen LogP contribution in [0.4, 0.5) is 0 Å². The molecule has 1 N–H and O–H groups in total. The van der Waals surface area contributed by atoms with Crippen molar-refractivity contribution in [1.29, 1.82) is 0 Å². The maximum absolute atomic E-state index is 12.9. The molecule has 0 spiro atoms. The molecule has 152 valence electrons. The lowest BCUT2D eigenvalue weighted by molar-refractivity contribution is 0.0855. The Labute approximate surface area is 174 Å². The van der Waals surface area contributed by atoms with Gasteiger partial charge in [0.25, 0.3) is 5.91 Å². The van der Waals surface area contributed by atoms with E-state index in [1.165, 1.54) is 0 Å². The fourth-order valence-electron chi connectivity index (χ4n) is 3.88. The molecule has 0 aliphatic carbocycles. The van der Waals surface area contributed by atoms with E-state index in [4.69, 9.17) is 9.72 Å². The van der Waals surface area contributed by atoms with Crippen LogP contribution >= 0.6 is 0 Å². The molecule has 1 aliphatic heterocycles. The summed E-state index contributed by atoms with van der Waals surface area (Å²) in [4.78, 5) is 21.7. The minimum absolute atomic E-state index is 0.101. The van der Waals surface area contributed by atoms with Crippen molar-refractivity contribution in [2.75, 3.05) is 13.2 Å². The highest BCUT2D eigenvalue weighted by molar-refractivity contribution is 6.00. The van der Waals surface area contributed by atoms with Crippen molar-refractivity contribution in [1.82, 2.24) is 24.3 Å². The zero-order valence-electron chi connectivity index (χ0n) is 16.6. The van der Waals surface area contributed by atoms with Crippen LogP contribution in [0.1, 0.15) is 28.9 Å². The average Bonchev–Trinajstić information content (AvgIpc) is 3.52. The van der Waals surface area contributed by atoms with Gasteiger partial charge in [0.2, 0.25) is 0 Å². The Morgan fingerprint density at radius 3 is 3.00 bits per heavy atom.